The minimum Gasteiger partial charge on any atom is -0.471 e. The van der Waals surface area contributed by atoms with Crippen LogP contribution in [0.15, 0.2) is 24.5 Å². The Balaban J connectivity index is 1.83. The van der Waals surface area contributed by atoms with Gasteiger partial charge in [0.2, 0.25) is 5.88 Å². The standard InChI is InChI=1S/C19H16ClF3N4O6/c20-13-6-27-16(25-18(13)33-9-1-2-32-7-9)12(5-24-27)10-3-8(17(28)26-19(29,30)31)4-11(14(10)21)15(22)23/h3-6,9,15,29-31H,1-2,7H2,(H,26,28). The maximum absolute atomic E-state index is 15.0. The number of carbonyl (C=O) groups excluding carboxylic acids is 1. The Morgan fingerprint density at radius 2 is 2.09 bits per heavy atom. The van der Waals surface area contributed by atoms with Gasteiger partial charge in [-0.3, -0.25) is 10.1 Å². The normalized spacial score (nSPS) is 16.5. The molecule has 10 nitrogen and oxygen atoms in total. The van der Waals surface area contributed by atoms with E-state index in [-0.39, 0.29) is 28.2 Å². The van der Waals surface area contributed by atoms with Gasteiger partial charge in [-0.1, -0.05) is 11.6 Å². The number of amides is 1. The molecule has 33 heavy (non-hydrogen) atoms. The van der Waals surface area contributed by atoms with Gasteiger partial charge in [0.25, 0.3) is 12.3 Å². The van der Waals surface area contributed by atoms with Crippen molar-refractivity contribution in [2.24, 2.45) is 0 Å². The topological polar surface area (TPSA) is 138 Å². The second-order valence-electron chi connectivity index (χ2n) is 7.14. The summed E-state index contributed by atoms with van der Waals surface area (Å²) in [5.74, 6) is -2.71. The first-order valence-electron chi connectivity index (χ1n) is 9.43. The van der Waals surface area contributed by atoms with Crippen LogP contribution < -0.4 is 10.1 Å². The number of carbonyl (C=O) groups is 1. The monoisotopic (exact) mass is 488 g/mol. The number of halogens is 4. The fourth-order valence-corrected chi connectivity index (χ4v) is 3.45. The van der Waals surface area contributed by atoms with E-state index in [1.54, 1.807) is 0 Å². The zero-order valence-corrected chi connectivity index (χ0v) is 17.3. The lowest BCUT2D eigenvalue weighted by Crippen LogP contribution is -2.48. The summed E-state index contributed by atoms with van der Waals surface area (Å²) in [6.07, 6.45) is -4.18. The van der Waals surface area contributed by atoms with Crippen LogP contribution in [0.2, 0.25) is 5.02 Å². The van der Waals surface area contributed by atoms with Crippen molar-refractivity contribution in [3.05, 3.63) is 46.5 Å². The van der Waals surface area contributed by atoms with Gasteiger partial charge in [-0.25, -0.2) is 17.7 Å². The molecule has 176 valence electrons. The number of hydrogen-bond acceptors (Lipinski definition) is 8. The molecule has 0 radical (unpaired) electrons. The number of aliphatic hydroxyl groups is 3. The van der Waals surface area contributed by atoms with Crippen LogP contribution in [0.4, 0.5) is 13.2 Å². The van der Waals surface area contributed by atoms with E-state index >= 15 is 4.39 Å². The number of fused-ring (bicyclic) bond motifs is 1. The number of ether oxygens (including phenoxy) is 2. The van der Waals surface area contributed by atoms with Gasteiger partial charge in [-0.2, -0.15) is 10.1 Å². The number of alkyl halides is 2. The second kappa shape index (κ2) is 8.76. The van der Waals surface area contributed by atoms with Gasteiger partial charge in [-0.05, 0) is 12.1 Å². The lowest BCUT2D eigenvalue weighted by Gasteiger charge is -2.17. The molecule has 1 aliphatic rings. The SMILES string of the molecule is O=C(NC(O)(O)O)c1cc(-c2cnn3cc(Cl)c(OC4CCOC4)nc23)c(F)c(C(F)F)c1. The Morgan fingerprint density at radius 3 is 2.73 bits per heavy atom. The highest BCUT2D eigenvalue weighted by Crippen LogP contribution is 2.35. The molecular weight excluding hydrogens is 473 g/mol. The van der Waals surface area contributed by atoms with E-state index in [1.165, 1.54) is 16.0 Å². The van der Waals surface area contributed by atoms with Crippen LogP contribution in [-0.2, 0) is 4.74 Å². The predicted octanol–water partition coefficient (Wildman–Crippen LogP) is 1.61. The third kappa shape index (κ3) is 4.86. The van der Waals surface area contributed by atoms with Crippen molar-refractivity contribution in [2.45, 2.75) is 25.0 Å². The van der Waals surface area contributed by atoms with Crippen LogP contribution in [0.3, 0.4) is 0 Å². The maximum atomic E-state index is 15.0. The molecule has 0 aliphatic carbocycles. The molecule has 1 saturated heterocycles. The molecule has 1 aromatic carbocycles. The molecule has 1 aliphatic heterocycles. The Bertz CT molecular complexity index is 1210. The van der Waals surface area contributed by atoms with Crippen LogP contribution in [0, 0.1) is 5.82 Å². The zero-order valence-electron chi connectivity index (χ0n) is 16.5. The Labute approximate surface area is 188 Å². The van der Waals surface area contributed by atoms with Gasteiger partial charge in [-0.15, -0.1) is 0 Å². The Morgan fingerprint density at radius 1 is 1.33 bits per heavy atom. The molecule has 3 heterocycles. The third-order valence-electron chi connectivity index (χ3n) is 4.75. The molecule has 0 bridgehead atoms. The van der Waals surface area contributed by atoms with E-state index in [9.17, 15) is 13.6 Å². The average molecular weight is 489 g/mol. The number of benzene rings is 1. The molecule has 4 N–H and O–H groups in total. The second-order valence-corrected chi connectivity index (χ2v) is 7.55. The summed E-state index contributed by atoms with van der Waals surface area (Å²) in [4.78, 5) is 16.4. The number of nitrogens with one attached hydrogen (secondary N) is 1. The summed E-state index contributed by atoms with van der Waals surface area (Å²) in [6.45, 7) is 0.816. The maximum Gasteiger partial charge on any atom is 0.369 e. The molecule has 2 aromatic heterocycles. The largest absolute Gasteiger partial charge is 0.471 e. The number of aromatic nitrogens is 3. The number of nitrogens with zero attached hydrogens (tertiary/aromatic N) is 3. The van der Waals surface area contributed by atoms with Gasteiger partial charge in [0, 0.05) is 23.1 Å². The zero-order chi connectivity index (χ0) is 23.9. The van der Waals surface area contributed by atoms with Gasteiger partial charge < -0.3 is 24.8 Å². The summed E-state index contributed by atoms with van der Waals surface area (Å²) in [7, 11) is 0. The molecular formula is C19H16ClF3N4O6. The van der Waals surface area contributed by atoms with Crippen molar-refractivity contribution < 1.29 is 42.8 Å². The molecule has 0 saturated carbocycles. The van der Waals surface area contributed by atoms with Crippen LogP contribution in [0.25, 0.3) is 16.8 Å². The highest BCUT2D eigenvalue weighted by molar-refractivity contribution is 6.31. The summed E-state index contributed by atoms with van der Waals surface area (Å²) in [5.41, 5.74) is -2.28. The van der Waals surface area contributed by atoms with Crippen molar-refractivity contribution in [1.29, 1.82) is 0 Å². The van der Waals surface area contributed by atoms with E-state index in [0.29, 0.717) is 25.7 Å². The van der Waals surface area contributed by atoms with Gasteiger partial charge in [0.1, 0.15) is 16.9 Å². The minimum absolute atomic E-state index is 0.00423. The van der Waals surface area contributed by atoms with Crippen molar-refractivity contribution in [2.75, 3.05) is 13.2 Å². The first kappa shape index (κ1) is 23.2. The van der Waals surface area contributed by atoms with E-state index in [4.69, 9.17) is 36.4 Å². The van der Waals surface area contributed by atoms with Crippen molar-refractivity contribution in [3.8, 4) is 17.0 Å². The predicted molar refractivity (Wildman–Crippen MR) is 105 cm³/mol. The van der Waals surface area contributed by atoms with Crippen molar-refractivity contribution in [1.82, 2.24) is 19.9 Å². The van der Waals surface area contributed by atoms with E-state index in [2.05, 4.69) is 10.1 Å². The quantitative estimate of drug-likeness (QED) is 0.384. The van der Waals surface area contributed by atoms with Crippen molar-refractivity contribution in [3.63, 3.8) is 0 Å². The lowest BCUT2D eigenvalue weighted by molar-refractivity contribution is -0.323. The molecule has 1 amide bonds. The van der Waals surface area contributed by atoms with Gasteiger partial charge in [0.15, 0.2) is 5.65 Å². The first-order chi connectivity index (χ1) is 15.5. The molecule has 1 unspecified atom stereocenters. The highest BCUT2D eigenvalue weighted by atomic mass is 35.5. The van der Waals surface area contributed by atoms with Crippen LogP contribution in [-0.4, -0.2) is 61.2 Å². The number of rotatable bonds is 6. The Kier molecular flexibility index (Phi) is 6.16. The summed E-state index contributed by atoms with van der Waals surface area (Å²) < 4.78 is 54.1. The smallest absolute Gasteiger partial charge is 0.369 e. The average Bonchev–Trinajstić information content (AvgIpc) is 3.37. The molecule has 3 aromatic rings. The fraction of sp³-hybridized carbons (Fsp3) is 0.316. The lowest BCUT2D eigenvalue weighted by atomic mass is 10.00. The van der Waals surface area contributed by atoms with E-state index in [0.717, 1.165) is 12.3 Å². The first-order valence-corrected chi connectivity index (χ1v) is 9.81. The highest BCUT2D eigenvalue weighted by Gasteiger charge is 2.28. The van der Waals surface area contributed by atoms with Gasteiger partial charge >= 0.3 is 6.10 Å². The third-order valence-corrected chi connectivity index (χ3v) is 5.01. The van der Waals surface area contributed by atoms with Crippen molar-refractivity contribution >= 4 is 23.2 Å². The van der Waals surface area contributed by atoms with Gasteiger partial charge in [0.05, 0.1) is 31.2 Å². The molecule has 1 atom stereocenters. The summed E-state index contributed by atoms with van der Waals surface area (Å²) >= 11 is 6.18. The Hall–Kier alpha value is -2.97. The van der Waals surface area contributed by atoms with E-state index < -0.39 is 40.9 Å². The number of hydrogen-bond donors (Lipinski definition) is 4. The molecule has 0 spiro atoms. The van der Waals surface area contributed by atoms with Crippen LogP contribution in [0.1, 0.15) is 28.8 Å². The fourth-order valence-electron chi connectivity index (χ4n) is 3.27. The summed E-state index contributed by atoms with van der Waals surface area (Å²) in [6, 6.07) is 1.40. The molecule has 1 fully saturated rings. The van der Waals surface area contributed by atoms with Crippen LogP contribution in [0.5, 0.6) is 5.88 Å². The van der Waals surface area contributed by atoms with E-state index in [1.807, 2.05) is 0 Å². The minimum atomic E-state index is -3.62. The summed E-state index contributed by atoms with van der Waals surface area (Å²) in [5, 5.41) is 32.3. The molecule has 4 rings (SSSR count). The molecule has 14 heteroatoms. The van der Waals surface area contributed by atoms with Crippen LogP contribution >= 0.6 is 11.6 Å².